The molecule has 110 valence electrons. The maximum atomic E-state index is 11.9. The molecule has 0 atom stereocenters. The number of carbonyl (C=O) groups excluding carboxylic acids is 2. The zero-order valence-electron chi connectivity index (χ0n) is 11.5. The van der Waals surface area contributed by atoms with Gasteiger partial charge in [0.1, 0.15) is 5.75 Å². The van der Waals surface area contributed by atoms with Crippen molar-refractivity contribution in [2.24, 2.45) is 4.99 Å². The van der Waals surface area contributed by atoms with Gasteiger partial charge in [-0.25, -0.2) is 0 Å². The summed E-state index contributed by atoms with van der Waals surface area (Å²) in [4.78, 5) is 27.6. The Labute approximate surface area is 126 Å². The first-order valence-electron chi connectivity index (χ1n) is 6.67. The second-order valence-corrected chi connectivity index (χ2v) is 4.78. The highest BCUT2D eigenvalue weighted by Crippen LogP contribution is 2.24. The van der Waals surface area contributed by atoms with E-state index in [1.54, 1.807) is 42.5 Å². The van der Waals surface area contributed by atoms with Crippen LogP contribution < -0.4 is 10.6 Å². The van der Waals surface area contributed by atoms with Crippen molar-refractivity contribution in [3.8, 4) is 5.75 Å². The second-order valence-electron chi connectivity index (χ2n) is 4.78. The van der Waals surface area contributed by atoms with Gasteiger partial charge in [-0.05, 0) is 30.3 Å². The molecule has 0 aromatic heterocycles. The number of nitrogens with one attached hydrogen (secondary N) is 2. The summed E-state index contributed by atoms with van der Waals surface area (Å²) in [5, 5.41) is 14.9. The number of fused-ring (bicyclic) bond motifs is 1. The fourth-order valence-corrected chi connectivity index (χ4v) is 2.10. The molecule has 2 aromatic rings. The lowest BCUT2D eigenvalue weighted by Gasteiger charge is -2.05. The number of hydrogen-bond donors (Lipinski definition) is 3. The van der Waals surface area contributed by atoms with Crippen molar-refractivity contribution in [3.05, 3.63) is 53.6 Å². The van der Waals surface area contributed by atoms with Gasteiger partial charge in [-0.3, -0.25) is 14.6 Å². The number of benzene rings is 2. The summed E-state index contributed by atoms with van der Waals surface area (Å²) in [6.45, 7) is -0.0516. The zero-order chi connectivity index (χ0) is 15.5. The third-order valence-electron chi connectivity index (χ3n) is 3.22. The van der Waals surface area contributed by atoms with Crippen molar-refractivity contribution >= 4 is 29.4 Å². The number of hydrogen-bond acceptors (Lipinski definition) is 4. The van der Waals surface area contributed by atoms with E-state index in [0.717, 1.165) is 0 Å². The highest BCUT2D eigenvalue weighted by atomic mass is 16.3. The van der Waals surface area contributed by atoms with E-state index in [4.69, 9.17) is 0 Å². The van der Waals surface area contributed by atoms with Gasteiger partial charge in [0.15, 0.2) is 0 Å². The average molecular weight is 295 g/mol. The number of aromatic hydroxyl groups is 1. The molecule has 0 fully saturated rings. The summed E-state index contributed by atoms with van der Waals surface area (Å²) < 4.78 is 0. The third-order valence-corrected chi connectivity index (χ3v) is 3.22. The number of carbonyl (C=O) groups is 2. The lowest BCUT2D eigenvalue weighted by atomic mass is 10.1. The Balaban J connectivity index is 1.92. The molecule has 6 heteroatoms. The van der Waals surface area contributed by atoms with Gasteiger partial charge in [-0.2, -0.15) is 0 Å². The summed E-state index contributed by atoms with van der Waals surface area (Å²) in [6.07, 6.45) is 1.52. The summed E-state index contributed by atoms with van der Waals surface area (Å²) in [5.74, 6) is -0.462. The van der Waals surface area contributed by atoms with Crippen molar-refractivity contribution < 1.29 is 14.7 Å². The fourth-order valence-electron chi connectivity index (χ4n) is 2.10. The zero-order valence-corrected chi connectivity index (χ0v) is 11.5. The van der Waals surface area contributed by atoms with E-state index in [-0.39, 0.29) is 24.1 Å². The van der Waals surface area contributed by atoms with Gasteiger partial charge < -0.3 is 15.7 Å². The van der Waals surface area contributed by atoms with Crippen LogP contribution in [0.5, 0.6) is 5.75 Å². The van der Waals surface area contributed by atoms with E-state index >= 15 is 0 Å². The van der Waals surface area contributed by atoms with Crippen LogP contribution in [0.3, 0.4) is 0 Å². The third kappa shape index (κ3) is 2.80. The van der Waals surface area contributed by atoms with Gasteiger partial charge in [0.05, 0.1) is 23.5 Å². The van der Waals surface area contributed by atoms with Crippen LogP contribution in [0.25, 0.3) is 0 Å². The molecule has 0 radical (unpaired) electrons. The number of nitrogens with zero attached hydrogens (tertiary/aromatic N) is 1. The van der Waals surface area contributed by atoms with E-state index in [1.807, 2.05) is 0 Å². The van der Waals surface area contributed by atoms with Gasteiger partial charge in [-0.15, -0.1) is 0 Å². The Hall–Kier alpha value is -3.15. The lowest BCUT2D eigenvalue weighted by molar-refractivity contribution is -0.115. The number of aliphatic imine (C=N–C) groups is 1. The molecule has 2 amide bonds. The van der Waals surface area contributed by atoms with Crippen molar-refractivity contribution in [1.29, 1.82) is 0 Å². The van der Waals surface area contributed by atoms with E-state index < -0.39 is 0 Å². The Morgan fingerprint density at radius 3 is 2.77 bits per heavy atom. The average Bonchev–Trinajstić information content (AvgIpc) is 2.66. The summed E-state index contributed by atoms with van der Waals surface area (Å²) in [6, 6.07) is 11.7. The van der Waals surface area contributed by atoms with Crippen molar-refractivity contribution in [1.82, 2.24) is 5.32 Å². The molecule has 0 aliphatic carbocycles. The SMILES string of the molecule is O=C1CNC(=O)c2cc(N=Cc3ccccc3O)ccc2N1. The van der Waals surface area contributed by atoms with Crippen LogP contribution in [-0.2, 0) is 4.79 Å². The smallest absolute Gasteiger partial charge is 0.253 e. The molecular weight excluding hydrogens is 282 g/mol. The minimum atomic E-state index is -0.326. The van der Waals surface area contributed by atoms with Crippen LogP contribution in [0.15, 0.2) is 47.5 Å². The number of phenolic OH excluding ortho intramolecular Hbond substituents is 1. The van der Waals surface area contributed by atoms with E-state index in [9.17, 15) is 14.7 Å². The van der Waals surface area contributed by atoms with Gasteiger partial charge in [0, 0.05) is 11.8 Å². The molecule has 3 rings (SSSR count). The Bertz CT molecular complexity index is 784. The van der Waals surface area contributed by atoms with Gasteiger partial charge in [-0.1, -0.05) is 12.1 Å². The Morgan fingerprint density at radius 1 is 1.14 bits per heavy atom. The first kappa shape index (κ1) is 13.8. The number of amides is 2. The van der Waals surface area contributed by atoms with Crippen molar-refractivity contribution in [3.63, 3.8) is 0 Å². The van der Waals surface area contributed by atoms with Gasteiger partial charge in [0.25, 0.3) is 5.91 Å². The minimum Gasteiger partial charge on any atom is -0.507 e. The number of phenols is 1. The van der Waals surface area contributed by atoms with Crippen molar-refractivity contribution in [2.75, 3.05) is 11.9 Å². The molecule has 0 saturated carbocycles. The Kier molecular flexibility index (Phi) is 3.57. The lowest BCUT2D eigenvalue weighted by Crippen LogP contribution is -2.28. The van der Waals surface area contributed by atoms with Crippen LogP contribution in [0, 0.1) is 0 Å². The molecular formula is C16H13N3O3. The number of anilines is 1. The molecule has 2 aromatic carbocycles. The van der Waals surface area contributed by atoms with Crippen LogP contribution in [-0.4, -0.2) is 29.7 Å². The molecule has 1 aliphatic heterocycles. The van der Waals surface area contributed by atoms with Crippen molar-refractivity contribution in [2.45, 2.75) is 0 Å². The number of rotatable bonds is 2. The standard InChI is InChI=1S/C16H13N3O3/c20-14-4-2-1-3-10(14)8-17-11-5-6-13-12(7-11)16(22)18-9-15(21)19-13/h1-8,20H,9H2,(H,18,22)(H,19,21). The molecule has 1 aliphatic rings. The monoisotopic (exact) mass is 295 g/mol. The second kappa shape index (κ2) is 5.69. The van der Waals surface area contributed by atoms with Crippen LogP contribution in [0.4, 0.5) is 11.4 Å². The summed E-state index contributed by atoms with van der Waals surface area (Å²) >= 11 is 0. The summed E-state index contributed by atoms with van der Waals surface area (Å²) in [7, 11) is 0. The first-order valence-corrected chi connectivity index (χ1v) is 6.67. The quantitative estimate of drug-likeness (QED) is 0.738. The predicted octanol–water partition coefficient (Wildman–Crippen LogP) is 1.82. The molecule has 1 heterocycles. The van der Waals surface area contributed by atoms with E-state index in [2.05, 4.69) is 15.6 Å². The van der Waals surface area contributed by atoms with E-state index in [1.165, 1.54) is 6.21 Å². The molecule has 0 saturated heterocycles. The minimum absolute atomic E-state index is 0.0516. The molecule has 3 N–H and O–H groups in total. The van der Waals surface area contributed by atoms with Crippen LogP contribution >= 0.6 is 0 Å². The molecule has 0 unspecified atom stereocenters. The highest BCUT2D eigenvalue weighted by Gasteiger charge is 2.18. The topological polar surface area (TPSA) is 90.8 Å². The van der Waals surface area contributed by atoms with Crippen LogP contribution in [0.2, 0.25) is 0 Å². The molecule has 22 heavy (non-hydrogen) atoms. The normalized spacial score (nSPS) is 14.2. The maximum absolute atomic E-state index is 11.9. The molecule has 0 spiro atoms. The van der Waals surface area contributed by atoms with E-state index in [0.29, 0.717) is 22.5 Å². The van der Waals surface area contributed by atoms with Crippen LogP contribution in [0.1, 0.15) is 15.9 Å². The first-order chi connectivity index (χ1) is 10.6. The molecule has 6 nitrogen and oxygen atoms in total. The molecule has 0 bridgehead atoms. The predicted molar refractivity (Wildman–Crippen MR) is 82.8 cm³/mol. The Morgan fingerprint density at radius 2 is 1.95 bits per heavy atom. The maximum Gasteiger partial charge on any atom is 0.253 e. The highest BCUT2D eigenvalue weighted by molar-refractivity contribution is 6.09. The van der Waals surface area contributed by atoms with Gasteiger partial charge >= 0.3 is 0 Å². The number of para-hydroxylation sites is 1. The summed E-state index contributed by atoms with van der Waals surface area (Å²) in [5.41, 5.74) is 1.95. The van der Waals surface area contributed by atoms with Gasteiger partial charge in [0.2, 0.25) is 5.91 Å². The largest absolute Gasteiger partial charge is 0.507 e. The fraction of sp³-hybridized carbons (Fsp3) is 0.0625.